The van der Waals surface area contributed by atoms with Gasteiger partial charge in [0, 0.05) is 52.6 Å². The third-order valence-corrected chi connectivity index (χ3v) is 14.1. The number of allylic oxidation sites excluding steroid dienone is 4. The van der Waals surface area contributed by atoms with Crippen molar-refractivity contribution in [3.63, 3.8) is 0 Å². The summed E-state index contributed by atoms with van der Waals surface area (Å²) in [5.74, 6) is -2.51. The van der Waals surface area contributed by atoms with Crippen molar-refractivity contribution >= 4 is 17.8 Å². The lowest BCUT2D eigenvalue weighted by atomic mass is 9.82. The molecule has 1 aliphatic carbocycles. The Morgan fingerprint density at radius 3 is 2.28 bits per heavy atom. The first-order chi connectivity index (χ1) is 29.2. The van der Waals surface area contributed by atoms with E-state index in [9.17, 15) is 24.9 Å². The van der Waals surface area contributed by atoms with E-state index in [0.29, 0.717) is 63.6 Å². The van der Waals surface area contributed by atoms with Gasteiger partial charge >= 0.3 is 5.97 Å². The highest BCUT2D eigenvalue weighted by atomic mass is 16.7. The molecule has 3 fully saturated rings. The third kappa shape index (κ3) is 13.4. The Morgan fingerprint density at radius 1 is 0.869 bits per heavy atom. The molecule has 1 aromatic rings. The lowest BCUT2D eigenvalue weighted by Gasteiger charge is -2.48. The van der Waals surface area contributed by atoms with E-state index in [1.165, 1.54) is 0 Å². The zero-order valence-electron chi connectivity index (χ0n) is 38.2. The molecule has 0 aromatic heterocycles. The van der Waals surface area contributed by atoms with Gasteiger partial charge < -0.3 is 39.0 Å². The minimum absolute atomic E-state index is 0.0314. The molecule has 1 aromatic carbocycles. The van der Waals surface area contributed by atoms with Crippen molar-refractivity contribution in [2.45, 2.75) is 166 Å². The number of esters is 1. The highest BCUT2D eigenvalue weighted by Crippen LogP contribution is 2.40. The number of carbonyl (C=O) groups is 2. The largest absolute Gasteiger partial charge is 0.456 e. The monoisotopic (exact) mass is 852 g/mol. The maximum absolute atomic E-state index is 14.5. The van der Waals surface area contributed by atoms with Gasteiger partial charge in [0.25, 0.3) is 0 Å². The van der Waals surface area contributed by atoms with Crippen LogP contribution in [0.4, 0.5) is 0 Å². The first kappa shape index (κ1) is 49.3. The van der Waals surface area contributed by atoms with Gasteiger partial charge in [0.1, 0.15) is 18.2 Å². The zero-order valence-corrected chi connectivity index (χ0v) is 38.2. The Balaban J connectivity index is 1.51. The van der Waals surface area contributed by atoms with Crippen molar-refractivity contribution in [3.8, 4) is 0 Å². The highest BCUT2D eigenvalue weighted by Gasteiger charge is 2.49. The summed E-state index contributed by atoms with van der Waals surface area (Å²) < 4.78 is 30.9. The summed E-state index contributed by atoms with van der Waals surface area (Å²) >= 11 is 0. The topological polar surface area (TPSA) is 144 Å². The third-order valence-electron chi connectivity index (χ3n) is 14.1. The van der Waals surface area contributed by atoms with Crippen LogP contribution >= 0.6 is 0 Å². The van der Waals surface area contributed by atoms with E-state index in [2.05, 4.69) is 30.9 Å². The average Bonchev–Trinajstić information content (AvgIpc) is 3.24. The van der Waals surface area contributed by atoms with Gasteiger partial charge in [0.05, 0.1) is 30.5 Å². The molecule has 11 nitrogen and oxygen atoms in total. The molecule has 61 heavy (non-hydrogen) atoms. The second kappa shape index (κ2) is 23.3. The molecule has 4 aliphatic rings. The molecule has 3 heterocycles. The summed E-state index contributed by atoms with van der Waals surface area (Å²) in [5.41, 5.74) is 2.47. The number of piperidine rings is 1. The van der Waals surface area contributed by atoms with E-state index in [1.807, 2.05) is 63.3 Å². The fourth-order valence-electron chi connectivity index (χ4n) is 10.4. The summed E-state index contributed by atoms with van der Waals surface area (Å²) in [5, 5.41) is 34.7. The lowest BCUT2D eigenvalue weighted by molar-refractivity contribution is -0.324. The average molecular weight is 852 g/mol. The predicted octanol–water partition coefficient (Wildman–Crippen LogP) is 7.46. The van der Waals surface area contributed by atoms with Crippen LogP contribution in [0, 0.1) is 29.6 Å². The molecule has 0 spiro atoms. The molecule has 14 unspecified atom stereocenters. The molecule has 0 amide bonds. The summed E-state index contributed by atoms with van der Waals surface area (Å²) in [6, 6.07) is 9.42. The Labute approximate surface area is 365 Å². The number of Topliss-reactive ketones (excluding diaryl/α,β-unsaturated/α-hetero) is 1. The number of carbonyl (C=O) groups excluding carboxylic acids is 2. The number of nitrogens with zero attached hydrogens (tertiary/aromatic N) is 1. The van der Waals surface area contributed by atoms with Crippen molar-refractivity contribution in [1.82, 2.24) is 4.90 Å². The molecule has 342 valence electrons. The van der Waals surface area contributed by atoms with Crippen molar-refractivity contribution < 1.29 is 48.6 Å². The fraction of sp³-hybridized carbons (Fsp3) is 0.720. The number of aliphatic hydroxyl groups excluding tert-OH is 2. The molecular formula is C50H77NO10. The number of rotatable bonds is 8. The second-order valence-corrected chi connectivity index (χ2v) is 18.9. The van der Waals surface area contributed by atoms with Gasteiger partial charge in [-0.15, -0.1) is 0 Å². The Bertz CT molecular complexity index is 1630. The number of benzene rings is 1. The molecule has 2 saturated heterocycles. The summed E-state index contributed by atoms with van der Waals surface area (Å²) in [4.78, 5) is 30.9. The minimum atomic E-state index is -1.46. The van der Waals surface area contributed by atoms with Crippen LogP contribution in [-0.2, 0) is 33.3 Å². The Kier molecular flexibility index (Phi) is 18.8. The van der Waals surface area contributed by atoms with Gasteiger partial charge in [-0.1, -0.05) is 88.8 Å². The number of ketones is 1. The summed E-state index contributed by atoms with van der Waals surface area (Å²) in [7, 11) is 4.98. The maximum Gasteiger partial charge on any atom is 0.323 e. The van der Waals surface area contributed by atoms with Crippen molar-refractivity contribution in [1.29, 1.82) is 0 Å². The molecular weight excluding hydrogens is 775 g/mol. The van der Waals surface area contributed by atoms with Gasteiger partial charge in [-0.05, 0) is 106 Å². The van der Waals surface area contributed by atoms with Crippen LogP contribution in [0.2, 0.25) is 0 Å². The molecule has 2 bridgehead atoms. The van der Waals surface area contributed by atoms with Gasteiger partial charge in [-0.3, -0.25) is 14.5 Å². The molecule has 14 atom stereocenters. The van der Waals surface area contributed by atoms with Crippen LogP contribution < -0.4 is 0 Å². The van der Waals surface area contributed by atoms with Crippen LogP contribution in [-0.4, -0.2) is 121 Å². The Morgan fingerprint density at radius 2 is 1.57 bits per heavy atom. The first-order valence-electron chi connectivity index (χ1n) is 23.1. The van der Waals surface area contributed by atoms with E-state index < -0.39 is 42.2 Å². The molecule has 11 heteroatoms. The number of ether oxygens (including phenoxy) is 5. The number of cyclic esters (lactones) is 1. The predicted molar refractivity (Wildman–Crippen MR) is 237 cm³/mol. The van der Waals surface area contributed by atoms with Crippen LogP contribution in [0.5, 0.6) is 0 Å². The van der Waals surface area contributed by atoms with Crippen LogP contribution in [0.3, 0.4) is 0 Å². The molecule has 3 aliphatic heterocycles. The smallest absolute Gasteiger partial charge is 0.323 e. The highest BCUT2D eigenvalue weighted by molar-refractivity contribution is 5.96. The molecule has 3 N–H and O–H groups in total. The Hall–Kier alpha value is -2.74. The standard InChI is InChI=1S/C50H77NO10/c1-32-25-33(2)27-45(58-7)48-46(59-8)29-35(4)50(56,61-48)22-24-51-23-13-12-19-40(51)49(55)60-47(34(3)28-38-20-21-41(52)44(30-38)57-6)36(5)42(53)31-43(54)39(26-32)18-14-17-37-15-10-9-11-16-37/h9-11,14-17,26,28,32-33,35-36,38,40-42,44-48,52-53,56H,12-13,18-25,27,29-31H2,1-8H3/b17-14?,34-28?,39-26+. The van der Waals surface area contributed by atoms with Crippen molar-refractivity contribution in [2.75, 3.05) is 34.4 Å². The molecule has 5 rings (SSSR count). The van der Waals surface area contributed by atoms with E-state index in [4.69, 9.17) is 23.7 Å². The van der Waals surface area contributed by atoms with Gasteiger partial charge in [0.2, 0.25) is 0 Å². The second-order valence-electron chi connectivity index (χ2n) is 18.9. The van der Waals surface area contributed by atoms with E-state index in [-0.39, 0.29) is 60.2 Å². The first-order valence-corrected chi connectivity index (χ1v) is 23.1. The quantitative estimate of drug-likeness (QED) is 0.177. The number of fused-ring (bicyclic) bond motifs is 3. The van der Waals surface area contributed by atoms with Crippen LogP contribution in [0.15, 0.2) is 59.7 Å². The van der Waals surface area contributed by atoms with E-state index in [0.717, 1.165) is 36.8 Å². The van der Waals surface area contributed by atoms with Gasteiger partial charge in [-0.2, -0.15) is 0 Å². The lowest BCUT2D eigenvalue weighted by Crippen LogP contribution is -2.58. The number of hydrogen-bond acceptors (Lipinski definition) is 11. The SMILES string of the molecule is COC1CC(C=C(C)C2OC(=O)C3CCCCN3CCC3(O)OC(C(OC)CC(C)CC(C)/C=C(\CC=Cc4ccccc4)C(=O)CC(O)C2C)C(OC)CC3C)CCC1O. The van der Waals surface area contributed by atoms with E-state index >= 15 is 0 Å². The van der Waals surface area contributed by atoms with E-state index in [1.54, 1.807) is 21.3 Å². The zero-order chi connectivity index (χ0) is 44.3. The molecule has 0 radical (unpaired) electrons. The van der Waals surface area contributed by atoms with Gasteiger partial charge in [0.15, 0.2) is 11.6 Å². The van der Waals surface area contributed by atoms with Crippen LogP contribution in [0.25, 0.3) is 6.08 Å². The van der Waals surface area contributed by atoms with Crippen molar-refractivity contribution in [2.24, 2.45) is 29.6 Å². The summed E-state index contributed by atoms with van der Waals surface area (Å²) in [6.07, 6.45) is 11.3. The summed E-state index contributed by atoms with van der Waals surface area (Å²) in [6.45, 7) is 11.2. The normalized spacial score (nSPS) is 39.4. The maximum atomic E-state index is 14.5. The fourth-order valence-corrected chi connectivity index (χ4v) is 10.4. The van der Waals surface area contributed by atoms with Crippen LogP contribution in [0.1, 0.15) is 117 Å². The molecule has 1 saturated carbocycles. The van der Waals surface area contributed by atoms with Crippen molar-refractivity contribution in [3.05, 3.63) is 65.3 Å². The number of aliphatic hydroxyl groups is 3. The minimum Gasteiger partial charge on any atom is -0.456 e. The van der Waals surface area contributed by atoms with Gasteiger partial charge in [-0.25, -0.2) is 0 Å². The number of methoxy groups -OCH3 is 3. The number of hydrogen-bond donors (Lipinski definition) is 3.